The summed E-state index contributed by atoms with van der Waals surface area (Å²) in [6, 6.07) is 0.206. The molecule has 0 aromatic heterocycles. The molecule has 1 heterocycles. The highest BCUT2D eigenvalue weighted by Crippen LogP contribution is 2.79. The van der Waals surface area contributed by atoms with E-state index in [1.54, 1.807) is 14.2 Å². The number of fused-ring (bicyclic) bond motifs is 2. The topological polar surface area (TPSA) is 77.5 Å². The average molecular weight is 464 g/mol. The van der Waals surface area contributed by atoms with Crippen LogP contribution < -0.4 is 0 Å². The minimum Gasteiger partial charge on any atom is -0.462 e. The molecule has 1 N–H and O–H groups in total. The summed E-state index contributed by atoms with van der Waals surface area (Å²) in [5, 5.41) is 11.7. The van der Waals surface area contributed by atoms with Crippen LogP contribution in [0, 0.1) is 40.4 Å². The second-order valence-corrected chi connectivity index (χ2v) is 12.2. The van der Waals surface area contributed by atoms with Crippen LogP contribution in [-0.2, 0) is 23.7 Å². The molecule has 5 aliphatic carbocycles. The van der Waals surface area contributed by atoms with Gasteiger partial charge in [-0.05, 0) is 37.1 Å². The minimum atomic E-state index is -0.581. The first-order chi connectivity index (χ1) is 15.7. The van der Waals surface area contributed by atoms with Crippen molar-refractivity contribution in [3.8, 4) is 0 Å². The van der Waals surface area contributed by atoms with Gasteiger partial charge in [-0.25, -0.2) is 0 Å². The Balaban J connectivity index is 1.65. The van der Waals surface area contributed by atoms with Crippen molar-refractivity contribution >= 4 is 5.97 Å². The number of ether oxygens (including phenoxy) is 4. The van der Waals surface area contributed by atoms with Crippen LogP contribution in [0.5, 0.6) is 0 Å². The van der Waals surface area contributed by atoms with Crippen molar-refractivity contribution in [1.82, 2.24) is 4.90 Å². The highest BCUT2D eigenvalue weighted by atomic mass is 16.6. The number of hydrogen-bond donors (Lipinski definition) is 1. The van der Waals surface area contributed by atoms with Crippen molar-refractivity contribution < 1.29 is 28.8 Å². The quantitative estimate of drug-likeness (QED) is 0.626. The summed E-state index contributed by atoms with van der Waals surface area (Å²) >= 11 is 0. The van der Waals surface area contributed by atoms with Gasteiger partial charge in [0.15, 0.2) is 0 Å². The van der Waals surface area contributed by atoms with E-state index in [0.717, 1.165) is 38.8 Å². The molecule has 1 saturated heterocycles. The second kappa shape index (κ2) is 7.16. The van der Waals surface area contributed by atoms with Gasteiger partial charge in [0.25, 0.3) is 0 Å². The van der Waals surface area contributed by atoms with Crippen molar-refractivity contribution in [2.75, 3.05) is 34.4 Å². The summed E-state index contributed by atoms with van der Waals surface area (Å²) in [7, 11) is 5.42. The lowest BCUT2D eigenvalue weighted by atomic mass is 9.43. The molecule has 186 valence electrons. The molecule has 0 amide bonds. The highest BCUT2D eigenvalue weighted by molar-refractivity contribution is 5.66. The van der Waals surface area contributed by atoms with Gasteiger partial charge < -0.3 is 24.1 Å². The van der Waals surface area contributed by atoms with E-state index < -0.39 is 11.7 Å². The van der Waals surface area contributed by atoms with E-state index in [-0.39, 0.29) is 70.7 Å². The van der Waals surface area contributed by atoms with Crippen molar-refractivity contribution in [1.29, 1.82) is 0 Å². The van der Waals surface area contributed by atoms with E-state index in [0.29, 0.717) is 0 Å². The third kappa shape index (κ3) is 2.37. The predicted molar refractivity (Wildman–Crippen MR) is 120 cm³/mol. The van der Waals surface area contributed by atoms with Gasteiger partial charge in [0, 0.05) is 76.3 Å². The molecule has 6 fully saturated rings. The van der Waals surface area contributed by atoms with Gasteiger partial charge in [-0.3, -0.25) is 9.69 Å². The number of aliphatic hydroxyl groups excluding tert-OH is 1. The van der Waals surface area contributed by atoms with Crippen LogP contribution in [0.3, 0.4) is 0 Å². The normalized spacial score (nSPS) is 58.4. The number of carbonyl (C=O) groups is 1. The number of rotatable bonds is 5. The Kier molecular flexibility index (Phi) is 4.93. The summed E-state index contributed by atoms with van der Waals surface area (Å²) in [5.74, 6) is 0.364. The molecular formula is C26H41NO6. The Bertz CT molecular complexity index is 838. The summed E-state index contributed by atoms with van der Waals surface area (Å²) in [6.07, 6.45) is 3.09. The summed E-state index contributed by atoms with van der Waals surface area (Å²) < 4.78 is 25.3. The number of carbonyl (C=O) groups excluding carboxylic acids is 1. The Morgan fingerprint density at radius 2 is 1.94 bits per heavy atom. The lowest BCUT2D eigenvalue weighted by Gasteiger charge is -2.69. The first-order valence-corrected chi connectivity index (χ1v) is 12.9. The molecule has 6 rings (SSSR count). The van der Waals surface area contributed by atoms with E-state index in [9.17, 15) is 9.90 Å². The molecule has 0 radical (unpaired) electrons. The number of piperidine rings is 1. The van der Waals surface area contributed by atoms with Crippen LogP contribution in [0.1, 0.15) is 46.5 Å². The van der Waals surface area contributed by atoms with Crippen molar-refractivity contribution in [3.05, 3.63) is 0 Å². The monoisotopic (exact) mass is 463 g/mol. The number of likely N-dealkylation sites (tertiary alicyclic amines) is 1. The van der Waals surface area contributed by atoms with Gasteiger partial charge in [0.1, 0.15) is 6.10 Å². The van der Waals surface area contributed by atoms with Gasteiger partial charge >= 0.3 is 5.97 Å². The molecule has 5 saturated carbocycles. The second-order valence-electron chi connectivity index (χ2n) is 12.2. The van der Waals surface area contributed by atoms with E-state index in [4.69, 9.17) is 18.9 Å². The smallest absolute Gasteiger partial charge is 0.302 e. The van der Waals surface area contributed by atoms with Crippen LogP contribution in [-0.4, -0.2) is 86.5 Å². The number of methoxy groups -OCH3 is 3. The fourth-order valence-corrected chi connectivity index (χ4v) is 11.1. The molecule has 1 aliphatic heterocycles. The number of aliphatic hydroxyl groups is 1. The largest absolute Gasteiger partial charge is 0.462 e. The first-order valence-electron chi connectivity index (χ1n) is 12.9. The fourth-order valence-electron chi connectivity index (χ4n) is 11.1. The number of esters is 1. The molecular weight excluding hydrogens is 422 g/mol. The first kappa shape index (κ1) is 22.7. The SMILES string of the molecule is CCN1C[C@]2(C)CC[C@H](OC)C34[C@@H]5C[C@H]6[C@H](O)[C@@H]5[C@](OC)(C[C@@H]6OC)C([C@H]13)[C@H](OC(C)=O)[C@@H]42. The van der Waals surface area contributed by atoms with E-state index >= 15 is 0 Å². The maximum atomic E-state index is 12.5. The van der Waals surface area contributed by atoms with Crippen LogP contribution in [0.4, 0.5) is 0 Å². The van der Waals surface area contributed by atoms with Crippen molar-refractivity contribution in [2.45, 2.75) is 82.5 Å². The molecule has 0 aromatic rings. The Hall–Kier alpha value is -0.730. The zero-order chi connectivity index (χ0) is 23.5. The van der Waals surface area contributed by atoms with Gasteiger partial charge in [0.05, 0.1) is 23.9 Å². The predicted octanol–water partition coefficient (Wildman–Crippen LogP) is 2.10. The molecule has 1 spiro atoms. The van der Waals surface area contributed by atoms with Crippen LogP contribution in [0.2, 0.25) is 0 Å². The highest BCUT2D eigenvalue weighted by Gasteiger charge is 2.86. The molecule has 7 nitrogen and oxygen atoms in total. The van der Waals surface area contributed by atoms with Crippen molar-refractivity contribution in [3.63, 3.8) is 0 Å². The Morgan fingerprint density at radius 3 is 2.55 bits per heavy atom. The van der Waals surface area contributed by atoms with Gasteiger partial charge in [-0.1, -0.05) is 13.8 Å². The number of nitrogens with zero attached hydrogens (tertiary/aromatic N) is 1. The van der Waals surface area contributed by atoms with E-state index in [2.05, 4.69) is 18.7 Å². The molecule has 2 unspecified atom stereocenters. The zero-order valence-electron chi connectivity index (χ0n) is 21.0. The molecule has 7 bridgehead atoms. The lowest BCUT2D eigenvalue weighted by Crippen LogP contribution is -2.76. The molecule has 6 aliphatic rings. The molecule has 13 atom stereocenters. The average Bonchev–Trinajstić information content (AvgIpc) is 3.17. The van der Waals surface area contributed by atoms with Crippen LogP contribution in [0.25, 0.3) is 0 Å². The van der Waals surface area contributed by atoms with E-state index in [1.807, 2.05) is 7.11 Å². The van der Waals surface area contributed by atoms with Gasteiger partial charge in [0.2, 0.25) is 0 Å². The summed E-state index contributed by atoms with van der Waals surface area (Å²) in [6.45, 7) is 8.17. The third-order valence-electron chi connectivity index (χ3n) is 11.5. The van der Waals surface area contributed by atoms with Gasteiger partial charge in [-0.15, -0.1) is 0 Å². The zero-order valence-corrected chi connectivity index (χ0v) is 21.0. The maximum absolute atomic E-state index is 12.5. The lowest BCUT2D eigenvalue weighted by molar-refractivity contribution is -0.276. The van der Waals surface area contributed by atoms with Crippen LogP contribution >= 0.6 is 0 Å². The van der Waals surface area contributed by atoms with Crippen LogP contribution in [0.15, 0.2) is 0 Å². The van der Waals surface area contributed by atoms with Crippen molar-refractivity contribution in [2.24, 2.45) is 40.4 Å². The third-order valence-corrected chi connectivity index (χ3v) is 11.5. The Morgan fingerprint density at radius 1 is 1.18 bits per heavy atom. The molecule has 7 heteroatoms. The molecule has 0 aromatic carbocycles. The van der Waals surface area contributed by atoms with Gasteiger partial charge in [-0.2, -0.15) is 0 Å². The minimum absolute atomic E-state index is 0.0125. The summed E-state index contributed by atoms with van der Waals surface area (Å²) in [4.78, 5) is 15.2. The standard InChI is InChI=1S/C26H41NO6/c1-7-27-12-24(3)9-8-17(31-5)26-15-10-14-16(30-4)11-25(32-6,18(15)20(14)29)19(23(26)27)21(22(24)26)33-13(2)28/h14-23,29H,7-12H2,1-6H3/t14-,15-,16+,17+,18-,19?,20+,21+,22-,23+,24+,25-,26?/m1/s1. The van der Waals surface area contributed by atoms with E-state index in [1.165, 1.54) is 6.92 Å². The Labute approximate surface area is 197 Å². The fraction of sp³-hybridized carbons (Fsp3) is 0.962. The maximum Gasteiger partial charge on any atom is 0.302 e. The number of hydrogen-bond acceptors (Lipinski definition) is 7. The summed E-state index contributed by atoms with van der Waals surface area (Å²) in [5.41, 5.74) is -0.707. The molecule has 33 heavy (non-hydrogen) atoms.